The summed E-state index contributed by atoms with van der Waals surface area (Å²) in [4.78, 5) is 12.1. The van der Waals surface area contributed by atoms with Gasteiger partial charge < -0.3 is 19.4 Å². The summed E-state index contributed by atoms with van der Waals surface area (Å²) in [5.41, 5.74) is 0.328. The lowest BCUT2D eigenvalue weighted by molar-refractivity contribution is -0.286. The van der Waals surface area contributed by atoms with Crippen molar-refractivity contribution in [3.63, 3.8) is 0 Å². The predicted octanol–water partition coefficient (Wildman–Crippen LogP) is 2.82. The van der Waals surface area contributed by atoms with Gasteiger partial charge in [0.15, 0.2) is 16.7 Å². The number of thioether (sulfide) groups is 1. The Balaban J connectivity index is 1.60. The van der Waals surface area contributed by atoms with E-state index in [-0.39, 0.29) is 23.2 Å². The fraction of sp³-hybridized carbons (Fsp3) is 0.267. The number of aryl methyl sites for hydroxylation is 1. The lowest BCUT2D eigenvalue weighted by atomic mass is 10.3. The molecule has 1 N–H and O–H groups in total. The van der Waals surface area contributed by atoms with Gasteiger partial charge in [-0.1, -0.05) is 17.8 Å². The second-order valence-corrected chi connectivity index (χ2v) is 6.04. The highest BCUT2D eigenvalue weighted by atomic mass is 32.2. The van der Waals surface area contributed by atoms with Crippen molar-refractivity contribution in [2.24, 2.45) is 0 Å². The first kappa shape index (κ1) is 17.2. The number of halogens is 2. The van der Waals surface area contributed by atoms with Gasteiger partial charge in [0.2, 0.25) is 5.91 Å². The predicted molar refractivity (Wildman–Crippen MR) is 87.0 cm³/mol. The molecule has 10 heteroatoms. The number of aromatic nitrogens is 3. The molecule has 0 aliphatic carbocycles. The molecule has 25 heavy (non-hydrogen) atoms. The largest absolute Gasteiger partial charge is 0.586 e. The minimum absolute atomic E-state index is 0.0784. The third-order valence-corrected chi connectivity index (χ3v) is 4.20. The lowest BCUT2D eigenvalue weighted by Gasteiger charge is -2.07. The Morgan fingerprint density at radius 2 is 2.16 bits per heavy atom. The van der Waals surface area contributed by atoms with Gasteiger partial charge in [-0.05, 0) is 19.1 Å². The van der Waals surface area contributed by atoms with E-state index in [4.69, 9.17) is 0 Å². The second-order valence-electron chi connectivity index (χ2n) is 5.09. The van der Waals surface area contributed by atoms with Crippen LogP contribution in [0.2, 0.25) is 0 Å². The van der Waals surface area contributed by atoms with E-state index in [0.29, 0.717) is 17.4 Å². The maximum atomic E-state index is 13.0. The fourth-order valence-corrected chi connectivity index (χ4v) is 2.95. The summed E-state index contributed by atoms with van der Waals surface area (Å²) in [7, 11) is 0. The van der Waals surface area contributed by atoms with Crippen LogP contribution in [0.3, 0.4) is 0 Å². The van der Waals surface area contributed by atoms with Gasteiger partial charge in [0.1, 0.15) is 5.82 Å². The summed E-state index contributed by atoms with van der Waals surface area (Å²) in [6.07, 6.45) is -1.98. The summed E-state index contributed by atoms with van der Waals surface area (Å²) in [5, 5.41) is 11.2. The molecule has 0 unspecified atom stereocenters. The molecule has 1 aromatic heterocycles. The number of alkyl halides is 2. The van der Waals surface area contributed by atoms with Gasteiger partial charge >= 0.3 is 6.29 Å². The van der Waals surface area contributed by atoms with E-state index in [0.717, 1.165) is 5.82 Å². The van der Waals surface area contributed by atoms with Crippen LogP contribution in [-0.2, 0) is 11.3 Å². The Hall–Kier alpha value is -2.62. The maximum absolute atomic E-state index is 13.0. The molecule has 0 spiro atoms. The zero-order valence-electron chi connectivity index (χ0n) is 13.2. The van der Waals surface area contributed by atoms with Gasteiger partial charge in [-0.25, -0.2) is 0 Å². The van der Waals surface area contributed by atoms with Crippen molar-refractivity contribution in [3.8, 4) is 11.5 Å². The highest BCUT2D eigenvalue weighted by Gasteiger charge is 2.43. The van der Waals surface area contributed by atoms with E-state index in [2.05, 4.69) is 31.6 Å². The number of carbonyl (C=O) groups excluding carboxylic acids is 1. The monoisotopic (exact) mass is 368 g/mol. The smallest absolute Gasteiger partial charge is 0.395 e. The van der Waals surface area contributed by atoms with Crippen molar-refractivity contribution in [2.75, 3.05) is 11.1 Å². The van der Waals surface area contributed by atoms with Crippen molar-refractivity contribution in [1.29, 1.82) is 0 Å². The summed E-state index contributed by atoms with van der Waals surface area (Å²) in [5.74, 6) is 0.281. The minimum atomic E-state index is -3.69. The van der Waals surface area contributed by atoms with Crippen LogP contribution < -0.4 is 14.8 Å². The molecular weight excluding hydrogens is 354 g/mol. The Morgan fingerprint density at radius 1 is 1.40 bits per heavy atom. The molecule has 0 atom stereocenters. The van der Waals surface area contributed by atoms with E-state index < -0.39 is 6.29 Å². The van der Waals surface area contributed by atoms with Crippen LogP contribution in [0.4, 0.5) is 14.5 Å². The van der Waals surface area contributed by atoms with Gasteiger partial charge in [0, 0.05) is 18.3 Å². The SMILES string of the molecule is C=CCn1c(C)nnc1SCC(=O)Nc1ccc2c(c1)OC(F)(F)O2. The minimum Gasteiger partial charge on any atom is -0.395 e. The van der Waals surface area contributed by atoms with Gasteiger partial charge in [0.25, 0.3) is 0 Å². The van der Waals surface area contributed by atoms with Crippen LogP contribution in [0, 0.1) is 6.92 Å². The summed E-state index contributed by atoms with van der Waals surface area (Å²) in [6, 6.07) is 4.04. The van der Waals surface area contributed by atoms with Gasteiger partial charge in [0.05, 0.1) is 5.75 Å². The highest BCUT2D eigenvalue weighted by molar-refractivity contribution is 7.99. The molecule has 3 rings (SSSR count). The van der Waals surface area contributed by atoms with E-state index in [1.165, 1.54) is 30.0 Å². The van der Waals surface area contributed by atoms with Crippen LogP contribution in [0.5, 0.6) is 11.5 Å². The normalized spacial score (nSPS) is 14.4. The molecule has 0 fully saturated rings. The number of fused-ring (bicyclic) bond motifs is 1. The topological polar surface area (TPSA) is 78.3 Å². The molecule has 0 radical (unpaired) electrons. The van der Waals surface area contributed by atoms with E-state index in [9.17, 15) is 13.6 Å². The lowest BCUT2D eigenvalue weighted by Crippen LogP contribution is -2.25. The van der Waals surface area contributed by atoms with Crippen LogP contribution in [0.15, 0.2) is 36.0 Å². The third kappa shape index (κ3) is 3.90. The Labute approximate surface area is 146 Å². The standard InChI is InChI=1S/C15H14F2N4O3S/c1-3-6-21-9(2)19-20-14(21)25-8-13(22)18-10-4-5-11-12(7-10)24-15(16,17)23-11/h3-5,7H,1,6,8H2,2H3,(H,18,22). The highest BCUT2D eigenvalue weighted by Crippen LogP contribution is 2.42. The van der Waals surface area contributed by atoms with Crippen molar-refractivity contribution < 1.29 is 23.0 Å². The first-order valence-electron chi connectivity index (χ1n) is 7.21. The summed E-state index contributed by atoms with van der Waals surface area (Å²) >= 11 is 1.21. The quantitative estimate of drug-likeness (QED) is 0.624. The van der Waals surface area contributed by atoms with Crippen molar-refractivity contribution in [1.82, 2.24) is 14.8 Å². The number of benzene rings is 1. The van der Waals surface area contributed by atoms with Gasteiger partial charge in [-0.15, -0.1) is 25.6 Å². The molecule has 0 saturated heterocycles. The Kier molecular flexibility index (Phi) is 4.62. The molecule has 1 amide bonds. The number of hydrogen-bond acceptors (Lipinski definition) is 6. The Bertz CT molecular complexity index is 825. The van der Waals surface area contributed by atoms with E-state index >= 15 is 0 Å². The summed E-state index contributed by atoms with van der Waals surface area (Å²) in [6.45, 7) is 6.02. The van der Waals surface area contributed by atoms with Crippen molar-refractivity contribution >= 4 is 23.4 Å². The first-order valence-corrected chi connectivity index (χ1v) is 8.20. The van der Waals surface area contributed by atoms with Gasteiger partial charge in [-0.2, -0.15) is 0 Å². The molecule has 0 saturated carbocycles. The molecule has 132 valence electrons. The van der Waals surface area contributed by atoms with Crippen LogP contribution in [0.25, 0.3) is 0 Å². The number of carbonyl (C=O) groups is 1. The molecule has 0 bridgehead atoms. The number of hydrogen-bond donors (Lipinski definition) is 1. The number of anilines is 1. The number of allylic oxidation sites excluding steroid dienone is 1. The summed E-state index contributed by atoms with van der Waals surface area (Å²) < 4.78 is 36.4. The molecule has 2 aromatic rings. The maximum Gasteiger partial charge on any atom is 0.586 e. The van der Waals surface area contributed by atoms with E-state index in [1.54, 1.807) is 6.08 Å². The fourth-order valence-electron chi connectivity index (χ4n) is 2.16. The molecule has 2 heterocycles. The van der Waals surface area contributed by atoms with Crippen molar-refractivity contribution in [3.05, 3.63) is 36.7 Å². The van der Waals surface area contributed by atoms with Crippen LogP contribution in [0.1, 0.15) is 5.82 Å². The first-order chi connectivity index (χ1) is 11.9. The number of nitrogens with zero attached hydrogens (tertiary/aromatic N) is 3. The average Bonchev–Trinajstić information content (AvgIpc) is 3.04. The Morgan fingerprint density at radius 3 is 2.92 bits per heavy atom. The number of nitrogens with one attached hydrogen (secondary N) is 1. The second kappa shape index (κ2) is 6.71. The third-order valence-electron chi connectivity index (χ3n) is 3.23. The van der Waals surface area contributed by atoms with E-state index in [1.807, 2.05) is 11.5 Å². The van der Waals surface area contributed by atoms with Crippen molar-refractivity contribution in [2.45, 2.75) is 24.9 Å². The molecular formula is C15H14F2N4O3S. The molecule has 1 aromatic carbocycles. The zero-order chi connectivity index (χ0) is 18.0. The molecule has 1 aliphatic heterocycles. The average molecular weight is 368 g/mol. The number of rotatable bonds is 6. The number of amides is 1. The molecule has 7 nitrogen and oxygen atoms in total. The zero-order valence-corrected chi connectivity index (χ0v) is 14.0. The molecule has 1 aliphatic rings. The van der Waals surface area contributed by atoms with Crippen LogP contribution >= 0.6 is 11.8 Å². The number of ether oxygens (including phenoxy) is 2. The van der Waals surface area contributed by atoms with Crippen LogP contribution in [-0.4, -0.2) is 32.7 Å². The van der Waals surface area contributed by atoms with Gasteiger partial charge in [-0.3, -0.25) is 4.79 Å².